The van der Waals surface area contributed by atoms with Gasteiger partial charge >= 0.3 is 0 Å². The van der Waals surface area contributed by atoms with E-state index in [1.807, 2.05) is 0 Å². The Morgan fingerprint density at radius 2 is 1.80 bits per heavy atom. The van der Waals surface area contributed by atoms with E-state index in [0.717, 1.165) is 19.4 Å². The third kappa shape index (κ3) is 4.50. The normalized spacial score (nSPS) is 12.3. The van der Waals surface area contributed by atoms with Gasteiger partial charge in [0.25, 0.3) is 0 Å². The van der Waals surface area contributed by atoms with Crippen LogP contribution in [0.5, 0.6) is 0 Å². The van der Waals surface area contributed by atoms with Crippen molar-refractivity contribution in [2.75, 3.05) is 6.54 Å². The molecule has 0 aliphatic rings. The molecule has 0 amide bonds. The van der Waals surface area contributed by atoms with Gasteiger partial charge in [-0.2, -0.15) is 0 Å². The highest BCUT2D eigenvalue weighted by molar-refractivity contribution is 5.25. The number of aryl methyl sites for hydroxylation is 2. The minimum Gasteiger partial charge on any atom is -0.310 e. The van der Waals surface area contributed by atoms with Crippen LogP contribution in [0.15, 0.2) is 54.6 Å². The molecule has 0 aromatic heterocycles. The molecule has 0 aliphatic heterocycles. The lowest BCUT2D eigenvalue weighted by Crippen LogP contribution is -2.22. The summed E-state index contributed by atoms with van der Waals surface area (Å²) in [7, 11) is 0. The number of benzene rings is 2. The maximum absolute atomic E-state index is 3.68. The molecule has 0 radical (unpaired) electrons. The van der Waals surface area contributed by atoms with E-state index in [-0.39, 0.29) is 0 Å². The molecule has 0 fully saturated rings. The molecule has 0 saturated carbocycles. The zero-order valence-electron chi connectivity index (χ0n) is 12.6. The van der Waals surface area contributed by atoms with Gasteiger partial charge in [0.05, 0.1) is 0 Å². The number of hydrogen-bond acceptors (Lipinski definition) is 1. The lowest BCUT2D eigenvalue weighted by molar-refractivity contribution is 0.499. The standard InChI is InChI=1S/C19H25N/c1-3-14-20-19(18-11-7-8-16(2)15-18)13-12-17-9-5-4-6-10-17/h4-11,15,19-20H,3,12-14H2,1-2H3. The largest absolute Gasteiger partial charge is 0.310 e. The lowest BCUT2D eigenvalue weighted by atomic mass is 9.97. The average Bonchev–Trinajstić information content (AvgIpc) is 2.48. The molecular formula is C19H25N. The molecule has 2 aromatic carbocycles. The molecule has 2 rings (SSSR count). The Hall–Kier alpha value is -1.60. The fraction of sp³-hybridized carbons (Fsp3) is 0.368. The number of hydrogen-bond donors (Lipinski definition) is 1. The zero-order valence-corrected chi connectivity index (χ0v) is 12.6. The van der Waals surface area contributed by atoms with Crippen molar-refractivity contribution in [1.29, 1.82) is 0 Å². The predicted octanol–water partition coefficient (Wildman–Crippen LogP) is 4.67. The van der Waals surface area contributed by atoms with Gasteiger partial charge in [0.2, 0.25) is 0 Å². The second-order valence-corrected chi connectivity index (χ2v) is 5.45. The van der Waals surface area contributed by atoms with Gasteiger partial charge in [0.15, 0.2) is 0 Å². The molecule has 0 heterocycles. The van der Waals surface area contributed by atoms with Crippen LogP contribution in [0.3, 0.4) is 0 Å². The first-order valence-electron chi connectivity index (χ1n) is 7.63. The fourth-order valence-corrected chi connectivity index (χ4v) is 2.55. The SMILES string of the molecule is CCCNC(CCc1ccccc1)c1cccc(C)c1. The Kier molecular flexibility index (Phi) is 5.82. The Morgan fingerprint density at radius 1 is 1.00 bits per heavy atom. The zero-order chi connectivity index (χ0) is 14.2. The van der Waals surface area contributed by atoms with Gasteiger partial charge in [-0.15, -0.1) is 0 Å². The second kappa shape index (κ2) is 7.86. The summed E-state index contributed by atoms with van der Waals surface area (Å²) in [5, 5.41) is 3.68. The molecule has 1 atom stereocenters. The first kappa shape index (κ1) is 14.8. The van der Waals surface area contributed by atoms with Crippen LogP contribution in [0.1, 0.15) is 42.5 Å². The molecule has 0 spiro atoms. The van der Waals surface area contributed by atoms with Crippen molar-refractivity contribution < 1.29 is 0 Å². The minimum absolute atomic E-state index is 0.454. The smallest absolute Gasteiger partial charge is 0.0323 e. The van der Waals surface area contributed by atoms with Crippen molar-refractivity contribution in [2.45, 2.75) is 39.2 Å². The first-order chi connectivity index (χ1) is 9.79. The molecule has 1 heteroatoms. The summed E-state index contributed by atoms with van der Waals surface area (Å²) in [6.07, 6.45) is 3.44. The Balaban J connectivity index is 2.03. The molecule has 2 aromatic rings. The average molecular weight is 267 g/mol. The van der Waals surface area contributed by atoms with E-state index in [2.05, 4.69) is 73.8 Å². The summed E-state index contributed by atoms with van der Waals surface area (Å²) >= 11 is 0. The van der Waals surface area contributed by atoms with Crippen molar-refractivity contribution in [3.8, 4) is 0 Å². The van der Waals surface area contributed by atoms with Crippen LogP contribution in [-0.2, 0) is 6.42 Å². The number of rotatable bonds is 7. The topological polar surface area (TPSA) is 12.0 Å². The molecule has 0 bridgehead atoms. The molecule has 106 valence electrons. The third-order valence-corrected chi connectivity index (χ3v) is 3.65. The highest BCUT2D eigenvalue weighted by Crippen LogP contribution is 2.20. The summed E-state index contributed by atoms with van der Waals surface area (Å²) in [5.74, 6) is 0. The van der Waals surface area contributed by atoms with Crippen molar-refractivity contribution >= 4 is 0 Å². The maximum Gasteiger partial charge on any atom is 0.0323 e. The van der Waals surface area contributed by atoms with Gasteiger partial charge in [0.1, 0.15) is 0 Å². The Morgan fingerprint density at radius 3 is 2.50 bits per heavy atom. The van der Waals surface area contributed by atoms with Gasteiger partial charge < -0.3 is 5.32 Å². The molecule has 0 saturated heterocycles. The predicted molar refractivity (Wildman–Crippen MR) is 87.0 cm³/mol. The van der Waals surface area contributed by atoms with Crippen LogP contribution in [0.25, 0.3) is 0 Å². The molecule has 1 unspecified atom stereocenters. The maximum atomic E-state index is 3.68. The van der Waals surface area contributed by atoms with E-state index in [1.54, 1.807) is 0 Å². The Bertz CT molecular complexity index is 504. The van der Waals surface area contributed by atoms with Crippen molar-refractivity contribution in [3.05, 3.63) is 71.3 Å². The van der Waals surface area contributed by atoms with Gasteiger partial charge in [-0.05, 0) is 43.9 Å². The van der Waals surface area contributed by atoms with Gasteiger partial charge in [0, 0.05) is 6.04 Å². The summed E-state index contributed by atoms with van der Waals surface area (Å²) in [6, 6.07) is 20.1. The Labute approximate surface area is 123 Å². The molecule has 1 N–H and O–H groups in total. The van der Waals surface area contributed by atoms with E-state index in [1.165, 1.54) is 23.1 Å². The van der Waals surface area contributed by atoms with Crippen LogP contribution in [-0.4, -0.2) is 6.54 Å². The van der Waals surface area contributed by atoms with Gasteiger partial charge in [-0.1, -0.05) is 67.1 Å². The summed E-state index contributed by atoms with van der Waals surface area (Å²) in [4.78, 5) is 0. The first-order valence-corrected chi connectivity index (χ1v) is 7.63. The summed E-state index contributed by atoms with van der Waals surface area (Å²) in [6.45, 7) is 5.46. The van der Waals surface area contributed by atoms with Crippen LogP contribution >= 0.6 is 0 Å². The molecule has 1 nitrogen and oxygen atoms in total. The summed E-state index contributed by atoms with van der Waals surface area (Å²) in [5.41, 5.74) is 4.17. The van der Waals surface area contributed by atoms with E-state index in [9.17, 15) is 0 Å². The third-order valence-electron chi connectivity index (χ3n) is 3.65. The monoisotopic (exact) mass is 267 g/mol. The van der Waals surface area contributed by atoms with Crippen LogP contribution in [0, 0.1) is 6.92 Å². The van der Waals surface area contributed by atoms with Gasteiger partial charge in [-0.3, -0.25) is 0 Å². The van der Waals surface area contributed by atoms with Crippen LogP contribution in [0.2, 0.25) is 0 Å². The van der Waals surface area contributed by atoms with Crippen LogP contribution < -0.4 is 5.32 Å². The molecule has 20 heavy (non-hydrogen) atoms. The van der Waals surface area contributed by atoms with E-state index in [4.69, 9.17) is 0 Å². The quantitative estimate of drug-likeness (QED) is 0.768. The van der Waals surface area contributed by atoms with E-state index < -0.39 is 0 Å². The van der Waals surface area contributed by atoms with Crippen molar-refractivity contribution in [3.63, 3.8) is 0 Å². The second-order valence-electron chi connectivity index (χ2n) is 5.45. The van der Waals surface area contributed by atoms with E-state index >= 15 is 0 Å². The highest BCUT2D eigenvalue weighted by Gasteiger charge is 2.10. The van der Waals surface area contributed by atoms with E-state index in [0.29, 0.717) is 6.04 Å². The van der Waals surface area contributed by atoms with Crippen LogP contribution in [0.4, 0.5) is 0 Å². The van der Waals surface area contributed by atoms with Gasteiger partial charge in [-0.25, -0.2) is 0 Å². The highest BCUT2D eigenvalue weighted by atomic mass is 14.9. The lowest BCUT2D eigenvalue weighted by Gasteiger charge is -2.19. The fourth-order valence-electron chi connectivity index (χ4n) is 2.55. The molecular weight excluding hydrogens is 242 g/mol. The van der Waals surface area contributed by atoms with Crippen molar-refractivity contribution in [2.24, 2.45) is 0 Å². The minimum atomic E-state index is 0.454. The number of nitrogens with one attached hydrogen (secondary N) is 1. The molecule has 0 aliphatic carbocycles. The van der Waals surface area contributed by atoms with Crippen molar-refractivity contribution in [1.82, 2.24) is 5.32 Å². The summed E-state index contributed by atoms with van der Waals surface area (Å²) < 4.78 is 0.